The lowest BCUT2D eigenvalue weighted by atomic mass is 9.93. The lowest BCUT2D eigenvalue weighted by molar-refractivity contribution is -0.136. The first kappa shape index (κ1) is 17.9. The Morgan fingerprint density at radius 2 is 2.00 bits per heavy atom. The molecule has 5 nitrogen and oxygen atoms in total. The second kappa shape index (κ2) is 7.97. The van der Waals surface area contributed by atoms with E-state index in [1.165, 1.54) is 4.88 Å². The maximum atomic E-state index is 13.2. The second-order valence-electron chi connectivity index (χ2n) is 6.39. The van der Waals surface area contributed by atoms with Gasteiger partial charge in [-0.25, -0.2) is 4.98 Å². The number of morpholine rings is 1. The van der Waals surface area contributed by atoms with Gasteiger partial charge in [0.1, 0.15) is 0 Å². The summed E-state index contributed by atoms with van der Waals surface area (Å²) in [6, 6.07) is 8.13. The number of thiazole rings is 1. The molecule has 1 atom stereocenters. The van der Waals surface area contributed by atoms with Crippen LogP contribution >= 0.6 is 11.3 Å². The molecule has 1 N–H and O–H groups in total. The highest BCUT2D eigenvalue weighted by Gasteiger charge is 2.28. The number of aromatic nitrogens is 1. The van der Waals surface area contributed by atoms with Crippen molar-refractivity contribution < 1.29 is 9.53 Å². The molecule has 0 spiro atoms. The standard InChI is InChI=1S/C19H25N3O2S/c1-13-6-4-5-7-16(13)17(18(23)22-8-10-24-11-9-22)12-20-19-21-14(2)15(3)25-19/h4-7,17H,8-12H2,1-3H3,(H,20,21). The van der Waals surface area contributed by atoms with Crippen molar-refractivity contribution in [2.75, 3.05) is 38.2 Å². The molecule has 1 aromatic carbocycles. The minimum atomic E-state index is -0.219. The Bertz CT molecular complexity index is 719. The Morgan fingerprint density at radius 1 is 1.28 bits per heavy atom. The van der Waals surface area contributed by atoms with Gasteiger partial charge in [-0.2, -0.15) is 0 Å². The van der Waals surface area contributed by atoms with E-state index in [9.17, 15) is 4.79 Å². The third kappa shape index (κ3) is 4.19. The van der Waals surface area contributed by atoms with Crippen molar-refractivity contribution in [1.29, 1.82) is 0 Å². The first-order valence-electron chi connectivity index (χ1n) is 8.66. The van der Waals surface area contributed by atoms with Gasteiger partial charge >= 0.3 is 0 Å². The first-order chi connectivity index (χ1) is 12.1. The molecule has 25 heavy (non-hydrogen) atoms. The third-order valence-electron chi connectivity index (χ3n) is 4.67. The second-order valence-corrected chi connectivity index (χ2v) is 7.59. The Hall–Kier alpha value is -1.92. The van der Waals surface area contributed by atoms with Gasteiger partial charge in [-0.3, -0.25) is 4.79 Å². The van der Waals surface area contributed by atoms with Gasteiger partial charge in [0.05, 0.1) is 24.8 Å². The summed E-state index contributed by atoms with van der Waals surface area (Å²) >= 11 is 1.64. The van der Waals surface area contributed by atoms with Gasteiger partial charge < -0.3 is 15.0 Å². The van der Waals surface area contributed by atoms with E-state index < -0.39 is 0 Å². The number of carbonyl (C=O) groups excluding carboxylic acids is 1. The van der Waals surface area contributed by atoms with Crippen molar-refractivity contribution >= 4 is 22.4 Å². The quantitative estimate of drug-likeness (QED) is 0.891. The summed E-state index contributed by atoms with van der Waals surface area (Å²) in [6.45, 7) is 9.24. The van der Waals surface area contributed by atoms with Crippen molar-refractivity contribution in [3.05, 3.63) is 46.0 Å². The van der Waals surface area contributed by atoms with E-state index >= 15 is 0 Å². The van der Waals surface area contributed by atoms with Gasteiger partial charge in [0.25, 0.3) is 0 Å². The van der Waals surface area contributed by atoms with E-state index in [1.807, 2.05) is 24.0 Å². The molecule has 3 rings (SSSR count). The summed E-state index contributed by atoms with van der Waals surface area (Å²) < 4.78 is 5.39. The van der Waals surface area contributed by atoms with Gasteiger partial charge in [-0.15, -0.1) is 11.3 Å². The lowest BCUT2D eigenvalue weighted by Gasteiger charge is -2.31. The molecule has 0 aliphatic carbocycles. The molecule has 134 valence electrons. The summed E-state index contributed by atoms with van der Waals surface area (Å²) in [5.74, 6) is -0.0566. The normalized spacial score (nSPS) is 15.9. The van der Waals surface area contributed by atoms with Gasteiger partial charge in [0.2, 0.25) is 5.91 Å². The fourth-order valence-corrected chi connectivity index (χ4v) is 3.87. The van der Waals surface area contributed by atoms with Crippen LogP contribution < -0.4 is 5.32 Å². The Labute approximate surface area is 153 Å². The fourth-order valence-electron chi connectivity index (χ4n) is 3.05. The number of anilines is 1. The molecule has 1 amide bonds. The molecule has 6 heteroatoms. The SMILES string of the molecule is Cc1ccccc1C(CNc1nc(C)c(C)s1)C(=O)N1CCOCC1. The van der Waals surface area contributed by atoms with Crippen molar-refractivity contribution in [3.8, 4) is 0 Å². The van der Waals surface area contributed by atoms with Crippen LogP contribution in [0.5, 0.6) is 0 Å². The van der Waals surface area contributed by atoms with Crippen LogP contribution in [-0.2, 0) is 9.53 Å². The van der Waals surface area contributed by atoms with Crippen LogP contribution in [0.25, 0.3) is 0 Å². The predicted molar refractivity (Wildman–Crippen MR) is 101 cm³/mol. The number of aryl methyl sites for hydroxylation is 3. The number of nitrogens with zero attached hydrogens (tertiary/aromatic N) is 2. The maximum Gasteiger partial charge on any atom is 0.232 e. The molecule has 1 aliphatic rings. The molecule has 1 aliphatic heterocycles. The minimum absolute atomic E-state index is 0.162. The molecule has 2 heterocycles. The minimum Gasteiger partial charge on any atom is -0.378 e. The van der Waals surface area contributed by atoms with E-state index in [0.29, 0.717) is 32.8 Å². The maximum absolute atomic E-state index is 13.2. The largest absolute Gasteiger partial charge is 0.378 e. The van der Waals surface area contributed by atoms with Gasteiger partial charge in [-0.1, -0.05) is 24.3 Å². The number of hydrogen-bond acceptors (Lipinski definition) is 5. The zero-order valence-corrected chi connectivity index (χ0v) is 15.9. The highest BCUT2D eigenvalue weighted by molar-refractivity contribution is 7.15. The average molecular weight is 359 g/mol. The number of ether oxygens (including phenoxy) is 1. The zero-order chi connectivity index (χ0) is 17.8. The van der Waals surface area contributed by atoms with Gasteiger partial charge in [-0.05, 0) is 31.9 Å². The predicted octanol–water partition coefficient (Wildman–Crippen LogP) is 3.12. The van der Waals surface area contributed by atoms with Crippen LogP contribution in [0.4, 0.5) is 5.13 Å². The Balaban J connectivity index is 1.80. The van der Waals surface area contributed by atoms with Crippen LogP contribution in [-0.4, -0.2) is 48.6 Å². The van der Waals surface area contributed by atoms with Crippen LogP contribution in [0.3, 0.4) is 0 Å². The van der Waals surface area contributed by atoms with E-state index in [-0.39, 0.29) is 11.8 Å². The average Bonchev–Trinajstić information content (AvgIpc) is 2.95. The summed E-state index contributed by atoms with van der Waals surface area (Å²) in [6.07, 6.45) is 0. The molecule has 0 saturated carbocycles. The Morgan fingerprint density at radius 3 is 2.64 bits per heavy atom. The van der Waals surface area contributed by atoms with Crippen LogP contribution in [0.1, 0.15) is 27.6 Å². The van der Waals surface area contributed by atoms with Gasteiger partial charge in [0, 0.05) is 24.5 Å². The molecular formula is C19H25N3O2S. The molecule has 1 fully saturated rings. The number of rotatable bonds is 5. The molecule has 1 saturated heterocycles. The van der Waals surface area contributed by atoms with E-state index in [1.54, 1.807) is 11.3 Å². The number of hydrogen-bond donors (Lipinski definition) is 1. The zero-order valence-electron chi connectivity index (χ0n) is 15.0. The van der Waals surface area contributed by atoms with E-state index in [0.717, 1.165) is 22.0 Å². The number of nitrogens with one attached hydrogen (secondary N) is 1. The van der Waals surface area contributed by atoms with Crippen LogP contribution in [0.15, 0.2) is 24.3 Å². The Kier molecular flexibility index (Phi) is 5.71. The van der Waals surface area contributed by atoms with Gasteiger partial charge in [0.15, 0.2) is 5.13 Å². The summed E-state index contributed by atoms with van der Waals surface area (Å²) in [5.41, 5.74) is 3.26. The summed E-state index contributed by atoms with van der Waals surface area (Å²) in [7, 11) is 0. The third-order valence-corrected chi connectivity index (χ3v) is 5.70. The number of benzene rings is 1. The van der Waals surface area contributed by atoms with Crippen LogP contribution in [0, 0.1) is 20.8 Å². The monoisotopic (exact) mass is 359 g/mol. The molecule has 2 aromatic rings. The fraction of sp³-hybridized carbons (Fsp3) is 0.474. The van der Waals surface area contributed by atoms with E-state index in [2.05, 4.69) is 36.3 Å². The highest BCUT2D eigenvalue weighted by Crippen LogP contribution is 2.26. The highest BCUT2D eigenvalue weighted by atomic mass is 32.1. The molecule has 0 radical (unpaired) electrons. The topological polar surface area (TPSA) is 54.5 Å². The smallest absolute Gasteiger partial charge is 0.232 e. The summed E-state index contributed by atoms with van der Waals surface area (Å²) in [4.78, 5) is 20.8. The lowest BCUT2D eigenvalue weighted by Crippen LogP contribution is -2.44. The van der Waals surface area contributed by atoms with Crippen molar-refractivity contribution in [2.24, 2.45) is 0 Å². The van der Waals surface area contributed by atoms with Crippen molar-refractivity contribution in [2.45, 2.75) is 26.7 Å². The molecule has 1 aromatic heterocycles. The van der Waals surface area contributed by atoms with E-state index in [4.69, 9.17) is 4.74 Å². The number of carbonyl (C=O) groups is 1. The van der Waals surface area contributed by atoms with Crippen molar-refractivity contribution in [1.82, 2.24) is 9.88 Å². The molecule has 1 unspecified atom stereocenters. The van der Waals surface area contributed by atoms with Crippen molar-refractivity contribution in [3.63, 3.8) is 0 Å². The molecule has 0 bridgehead atoms. The van der Waals surface area contributed by atoms with Crippen LogP contribution in [0.2, 0.25) is 0 Å². The molecular weight excluding hydrogens is 334 g/mol. The first-order valence-corrected chi connectivity index (χ1v) is 9.48. The number of amides is 1. The summed E-state index contributed by atoms with van der Waals surface area (Å²) in [5, 5.41) is 4.26.